The quantitative estimate of drug-likeness (QED) is 0.254. The van der Waals surface area contributed by atoms with Crippen LogP contribution in [0.3, 0.4) is 0 Å². The summed E-state index contributed by atoms with van der Waals surface area (Å²) in [6.45, 7) is 0.0346. The molecule has 37 heavy (non-hydrogen) atoms. The van der Waals surface area contributed by atoms with E-state index in [4.69, 9.17) is 0 Å². The zero-order valence-electron chi connectivity index (χ0n) is 19.5. The highest BCUT2D eigenvalue weighted by Crippen LogP contribution is 2.32. The number of hydrogen-bond donors (Lipinski definition) is 2. The van der Waals surface area contributed by atoms with Gasteiger partial charge in [0.25, 0.3) is 11.5 Å². The van der Waals surface area contributed by atoms with E-state index in [1.807, 2.05) is 48.5 Å². The number of carbonyl (C=O) groups is 2. The van der Waals surface area contributed by atoms with Gasteiger partial charge in [-0.2, -0.15) is 0 Å². The van der Waals surface area contributed by atoms with Crippen molar-refractivity contribution in [1.29, 1.82) is 0 Å². The van der Waals surface area contributed by atoms with Crippen LogP contribution in [0.5, 0.6) is 0 Å². The van der Waals surface area contributed by atoms with Crippen molar-refractivity contribution in [2.24, 2.45) is 0 Å². The number of carbonyl (C=O) groups excluding carboxylic acids is 1. The third-order valence-electron chi connectivity index (χ3n) is 6.09. The normalized spacial score (nSPS) is 10.8. The topological polar surface area (TPSA) is 88.4 Å². The van der Waals surface area contributed by atoms with Gasteiger partial charge in [-0.05, 0) is 59.0 Å². The number of aromatic carboxylic acids is 1. The number of benzene rings is 4. The second-order valence-electron chi connectivity index (χ2n) is 8.49. The van der Waals surface area contributed by atoms with Crippen LogP contribution in [-0.2, 0) is 6.54 Å². The summed E-state index contributed by atoms with van der Waals surface area (Å²) in [5, 5.41) is 14.1. The van der Waals surface area contributed by atoms with Gasteiger partial charge in [-0.1, -0.05) is 76.6 Å². The molecule has 0 spiro atoms. The van der Waals surface area contributed by atoms with Crippen molar-refractivity contribution in [3.63, 3.8) is 0 Å². The van der Waals surface area contributed by atoms with Crippen LogP contribution in [0.1, 0.15) is 26.4 Å². The van der Waals surface area contributed by atoms with Gasteiger partial charge in [0.15, 0.2) is 0 Å². The summed E-state index contributed by atoms with van der Waals surface area (Å²) >= 11 is 3.45. The molecule has 0 aliphatic heterocycles. The SMILES string of the molecule is O=C(Nc1ccccc1)c1ccc(Cn2c(C(=O)O)c(-c3ccccc3)c3cc(Br)ccc3c2=O)cc1. The largest absolute Gasteiger partial charge is 0.477 e. The minimum atomic E-state index is -1.20. The van der Waals surface area contributed by atoms with Crippen LogP contribution < -0.4 is 10.9 Å². The Kier molecular flexibility index (Phi) is 6.70. The number of halogens is 1. The van der Waals surface area contributed by atoms with E-state index in [9.17, 15) is 19.5 Å². The van der Waals surface area contributed by atoms with Crippen LogP contribution in [0.25, 0.3) is 21.9 Å². The molecule has 5 rings (SSSR count). The fourth-order valence-corrected chi connectivity index (χ4v) is 4.72. The Balaban J connectivity index is 1.58. The second-order valence-corrected chi connectivity index (χ2v) is 9.41. The number of rotatable bonds is 6. The third kappa shape index (κ3) is 4.94. The standard InChI is InChI=1S/C30H21BrN2O4/c31-22-15-16-24-25(17-22)26(20-7-3-1-4-8-20)27(30(36)37)33(29(24)35)18-19-11-13-21(14-12-19)28(34)32-23-9-5-2-6-10-23/h1-17H,18H2,(H,32,34)(H,36,37). The second kappa shape index (κ2) is 10.2. The van der Waals surface area contributed by atoms with Gasteiger partial charge in [0.2, 0.25) is 0 Å². The van der Waals surface area contributed by atoms with Crippen molar-refractivity contribution in [3.8, 4) is 11.1 Å². The maximum atomic E-state index is 13.6. The Morgan fingerprint density at radius 2 is 1.46 bits per heavy atom. The van der Waals surface area contributed by atoms with Gasteiger partial charge in [0.1, 0.15) is 5.69 Å². The lowest BCUT2D eigenvalue weighted by atomic mass is 9.96. The predicted molar refractivity (Wildman–Crippen MR) is 148 cm³/mol. The molecule has 0 bridgehead atoms. The number of carboxylic acids is 1. The first-order valence-corrected chi connectivity index (χ1v) is 12.3. The molecule has 1 aromatic heterocycles. The molecule has 4 aromatic carbocycles. The molecule has 182 valence electrons. The number of hydrogen-bond acceptors (Lipinski definition) is 3. The zero-order valence-corrected chi connectivity index (χ0v) is 21.1. The molecule has 0 unspecified atom stereocenters. The fraction of sp³-hybridized carbons (Fsp3) is 0.0333. The minimum absolute atomic E-state index is 0.0346. The van der Waals surface area contributed by atoms with E-state index in [1.165, 1.54) is 4.57 Å². The lowest BCUT2D eigenvalue weighted by molar-refractivity contribution is 0.0685. The highest BCUT2D eigenvalue weighted by molar-refractivity contribution is 9.10. The van der Waals surface area contributed by atoms with Gasteiger partial charge in [-0.15, -0.1) is 0 Å². The van der Waals surface area contributed by atoms with Crippen LogP contribution >= 0.6 is 15.9 Å². The molecule has 0 fully saturated rings. The Morgan fingerprint density at radius 3 is 2.11 bits per heavy atom. The molecule has 5 aromatic rings. The van der Waals surface area contributed by atoms with Crippen LogP contribution in [0.2, 0.25) is 0 Å². The predicted octanol–water partition coefficient (Wildman–Crippen LogP) is 6.43. The molecular weight excluding hydrogens is 532 g/mol. The number of aromatic nitrogens is 1. The first kappa shape index (κ1) is 24.2. The Morgan fingerprint density at radius 1 is 0.811 bits per heavy atom. The van der Waals surface area contributed by atoms with Crippen molar-refractivity contribution < 1.29 is 14.7 Å². The van der Waals surface area contributed by atoms with Crippen LogP contribution in [0.4, 0.5) is 5.69 Å². The molecule has 1 heterocycles. The summed E-state index contributed by atoms with van der Waals surface area (Å²) in [5.41, 5.74) is 2.51. The van der Waals surface area contributed by atoms with Crippen LogP contribution in [0, 0.1) is 0 Å². The van der Waals surface area contributed by atoms with E-state index < -0.39 is 11.5 Å². The van der Waals surface area contributed by atoms with E-state index in [-0.39, 0.29) is 18.1 Å². The molecule has 0 atom stereocenters. The number of anilines is 1. The van der Waals surface area contributed by atoms with Crippen molar-refractivity contribution in [2.75, 3.05) is 5.32 Å². The highest BCUT2D eigenvalue weighted by Gasteiger charge is 2.23. The summed E-state index contributed by atoms with van der Waals surface area (Å²) in [6.07, 6.45) is 0. The average molecular weight is 553 g/mol. The van der Waals surface area contributed by atoms with Crippen LogP contribution in [-0.4, -0.2) is 21.6 Å². The Labute approximate surface area is 221 Å². The maximum Gasteiger partial charge on any atom is 0.353 e. The van der Waals surface area contributed by atoms with E-state index in [2.05, 4.69) is 21.2 Å². The number of carboxylic acid groups (broad SMARTS) is 1. The number of pyridine rings is 1. The number of nitrogens with one attached hydrogen (secondary N) is 1. The van der Waals surface area contributed by atoms with E-state index in [1.54, 1.807) is 54.6 Å². The lowest BCUT2D eigenvalue weighted by Gasteiger charge is -2.18. The number of para-hydroxylation sites is 1. The first-order valence-electron chi connectivity index (χ1n) is 11.5. The van der Waals surface area contributed by atoms with Crippen molar-refractivity contribution >= 4 is 44.3 Å². The molecule has 0 saturated carbocycles. The maximum absolute atomic E-state index is 13.6. The summed E-state index contributed by atoms with van der Waals surface area (Å²) in [7, 11) is 0. The zero-order chi connectivity index (χ0) is 25.9. The summed E-state index contributed by atoms with van der Waals surface area (Å²) in [4.78, 5) is 38.7. The van der Waals surface area contributed by atoms with Gasteiger partial charge in [-0.3, -0.25) is 14.2 Å². The third-order valence-corrected chi connectivity index (χ3v) is 6.58. The monoisotopic (exact) mass is 552 g/mol. The van der Waals surface area contributed by atoms with Crippen molar-refractivity contribution in [3.05, 3.63) is 135 Å². The summed E-state index contributed by atoms with van der Waals surface area (Å²) in [5.74, 6) is -1.46. The molecule has 1 amide bonds. The highest BCUT2D eigenvalue weighted by atomic mass is 79.9. The Hall–Kier alpha value is -4.49. The van der Waals surface area contributed by atoms with Gasteiger partial charge in [0, 0.05) is 26.7 Å². The molecule has 0 aliphatic rings. The van der Waals surface area contributed by atoms with Gasteiger partial charge < -0.3 is 10.4 Å². The van der Waals surface area contributed by atoms with Crippen molar-refractivity contribution in [1.82, 2.24) is 4.57 Å². The molecule has 0 saturated heterocycles. The summed E-state index contributed by atoms with van der Waals surface area (Å²) < 4.78 is 2.04. The van der Waals surface area contributed by atoms with Crippen molar-refractivity contribution in [2.45, 2.75) is 6.54 Å². The smallest absolute Gasteiger partial charge is 0.353 e. The molecular formula is C30H21BrN2O4. The first-order chi connectivity index (χ1) is 17.9. The number of amides is 1. The minimum Gasteiger partial charge on any atom is -0.477 e. The van der Waals surface area contributed by atoms with E-state index in [0.717, 1.165) is 4.47 Å². The molecule has 7 heteroatoms. The van der Waals surface area contributed by atoms with E-state index >= 15 is 0 Å². The van der Waals surface area contributed by atoms with Gasteiger partial charge >= 0.3 is 5.97 Å². The molecule has 2 N–H and O–H groups in total. The number of fused-ring (bicyclic) bond motifs is 1. The summed E-state index contributed by atoms with van der Waals surface area (Å²) in [6, 6.07) is 30.3. The number of nitrogens with zero attached hydrogens (tertiary/aromatic N) is 1. The molecule has 0 aliphatic carbocycles. The Bertz CT molecular complexity index is 1680. The fourth-order valence-electron chi connectivity index (χ4n) is 4.36. The van der Waals surface area contributed by atoms with Crippen LogP contribution in [0.15, 0.2) is 112 Å². The van der Waals surface area contributed by atoms with E-state index in [0.29, 0.717) is 38.7 Å². The molecule has 0 radical (unpaired) electrons. The van der Waals surface area contributed by atoms with Gasteiger partial charge in [-0.25, -0.2) is 4.79 Å². The van der Waals surface area contributed by atoms with Gasteiger partial charge in [0.05, 0.1) is 6.54 Å². The lowest BCUT2D eigenvalue weighted by Crippen LogP contribution is -2.28. The average Bonchev–Trinajstić information content (AvgIpc) is 2.91. The molecule has 6 nitrogen and oxygen atoms in total.